The fourth-order valence-electron chi connectivity index (χ4n) is 2.53. The minimum absolute atomic E-state index is 0.121. The molecule has 0 fully saturated rings. The van der Waals surface area contributed by atoms with Crippen LogP contribution in [-0.4, -0.2) is 46.4 Å². The highest BCUT2D eigenvalue weighted by Gasteiger charge is 2.11. The Morgan fingerprint density at radius 1 is 0.906 bits per heavy atom. The third-order valence-electron chi connectivity index (χ3n) is 3.93. The van der Waals surface area contributed by atoms with Gasteiger partial charge in [0, 0.05) is 31.2 Å². The van der Waals surface area contributed by atoms with Gasteiger partial charge in [-0.3, -0.25) is 0 Å². The zero-order chi connectivity index (χ0) is 23.3. The largest absolute Gasteiger partial charge is 0.493 e. The first-order chi connectivity index (χ1) is 15.4. The van der Waals surface area contributed by atoms with Gasteiger partial charge >= 0.3 is 0 Å². The molecule has 32 heavy (non-hydrogen) atoms. The van der Waals surface area contributed by atoms with Crippen LogP contribution >= 0.6 is 46.4 Å². The fourth-order valence-corrected chi connectivity index (χ4v) is 3.24. The maximum atomic E-state index is 6.25. The number of rotatable bonds is 13. The number of benzene rings is 2. The van der Waals surface area contributed by atoms with E-state index in [2.05, 4.69) is 5.16 Å². The summed E-state index contributed by atoms with van der Waals surface area (Å²) in [4.78, 5) is 4.84. The SMILES string of the molecule is COC/C(=N\OC)c1ccc(OCCCOc2c(Cl)cc(OCC=C(Cl)Cl)cc2Cl)cc1. The Balaban J connectivity index is 1.80. The lowest BCUT2D eigenvalue weighted by atomic mass is 10.1. The molecule has 0 atom stereocenters. The summed E-state index contributed by atoms with van der Waals surface area (Å²) in [6.07, 6.45) is 2.14. The summed E-state index contributed by atoms with van der Waals surface area (Å²) >= 11 is 23.6. The highest BCUT2D eigenvalue weighted by molar-refractivity contribution is 6.55. The van der Waals surface area contributed by atoms with Gasteiger partial charge in [-0.25, -0.2) is 0 Å². The van der Waals surface area contributed by atoms with Crippen molar-refractivity contribution in [1.29, 1.82) is 0 Å². The van der Waals surface area contributed by atoms with E-state index in [4.69, 9.17) is 70.2 Å². The Hall–Kier alpha value is -1.83. The van der Waals surface area contributed by atoms with Crippen molar-refractivity contribution in [1.82, 2.24) is 0 Å². The Kier molecular flexibility index (Phi) is 11.8. The summed E-state index contributed by atoms with van der Waals surface area (Å²) in [6, 6.07) is 10.7. The molecule has 0 spiro atoms. The lowest BCUT2D eigenvalue weighted by Gasteiger charge is -2.13. The van der Waals surface area contributed by atoms with Gasteiger partial charge in [-0.15, -0.1) is 0 Å². The molecular weight excluding hydrogens is 500 g/mol. The standard InChI is InChI=1S/C22H23Cl4NO5/c1-28-14-20(27-29-2)15-4-6-16(7-5-15)30-9-3-10-32-22-18(23)12-17(13-19(22)24)31-11-8-21(25)26/h4-8,12-13H,3,9-11,14H2,1-2H3/b27-20+. The number of hydrogen-bond acceptors (Lipinski definition) is 6. The average molecular weight is 523 g/mol. The molecule has 0 aliphatic heterocycles. The smallest absolute Gasteiger partial charge is 0.156 e. The van der Waals surface area contributed by atoms with Crippen LogP contribution in [0.3, 0.4) is 0 Å². The van der Waals surface area contributed by atoms with Gasteiger partial charge in [0.1, 0.15) is 35.4 Å². The van der Waals surface area contributed by atoms with E-state index in [1.54, 1.807) is 19.2 Å². The molecule has 0 unspecified atom stereocenters. The molecule has 2 aromatic carbocycles. The molecule has 10 heteroatoms. The Morgan fingerprint density at radius 3 is 2.16 bits per heavy atom. The fraction of sp³-hybridized carbons (Fsp3) is 0.318. The topological polar surface area (TPSA) is 58.5 Å². The summed E-state index contributed by atoms with van der Waals surface area (Å²) in [6.45, 7) is 1.38. The second-order valence-corrected chi connectivity index (χ2v) is 8.07. The van der Waals surface area contributed by atoms with Crippen LogP contribution in [0.4, 0.5) is 0 Å². The van der Waals surface area contributed by atoms with Crippen molar-refractivity contribution < 1.29 is 23.8 Å². The van der Waals surface area contributed by atoms with E-state index in [1.165, 1.54) is 13.2 Å². The van der Waals surface area contributed by atoms with Crippen molar-refractivity contribution in [3.05, 3.63) is 62.6 Å². The molecule has 0 aromatic heterocycles. The van der Waals surface area contributed by atoms with Gasteiger partial charge < -0.3 is 23.8 Å². The number of methoxy groups -OCH3 is 1. The van der Waals surface area contributed by atoms with Crippen LogP contribution in [0, 0.1) is 0 Å². The van der Waals surface area contributed by atoms with Crippen LogP contribution < -0.4 is 14.2 Å². The molecule has 2 aromatic rings. The second kappa shape index (κ2) is 14.3. The van der Waals surface area contributed by atoms with Crippen LogP contribution in [0.25, 0.3) is 0 Å². The molecule has 0 aliphatic carbocycles. The molecule has 0 radical (unpaired) electrons. The molecule has 0 saturated carbocycles. The molecule has 0 aliphatic rings. The molecule has 0 bridgehead atoms. The Labute approximate surface area is 207 Å². The van der Waals surface area contributed by atoms with E-state index in [0.717, 1.165) is 11.3 Å². The van der Waals surface area contributed by atoms with Crippen LogP contribution in [0.15, 0.2) is 52.1 Å². The molecule has 6 nitrogen and oxygen atoms in total. The number of oxime groups is 1. The van der Waals surface area contributed by atoms with E-state index in [0.29, 0.717) is 53.5 Å². The summed E-state index contributed by atoms with van der Waals surface area (Å²) in [5.74, 6) is 1.60. The predicted octanol–water partition coefficient (Wildman–Crippen LogP) is 6.54. The highest BCUT2D eigenvalue weighted by Crippen LogP contribution is 2.37. The van der Waals surface area contributed by atoms with Gasteiger partial charge in [0.2, 0.25) is 0 Å². The second-order valence-electron chi connectivity index (χ2n) is 6.25. The molecule has 174 valence electrons. The first kappa shape index (κ1) is 26.4. The first-order valence-corrected chi connectivity index (χ1v) is 11.0. The zero-order valence-corrected chi connectivity index (χ0v) is 20.6. The van der Waals surface area contributed by atoms with E-state index in [9.17, 15) is 0 Å². The molecule has 0 N–H and O–H groups in total. The number of nitrogens with zero attached hydrogens (tertiary/aromatic N) is 1. The van der Waals surface area contributed by atoms with Crippen molar-refractivity contribution in [3.8, 4) is 17.2 Å². The van der Waals surface area contributed by atoms with Gasteiger partial charge in [-0.05, 0) is 30.3 Å². The number of ether oxygens (including phenoxy) is 4. The highest BCUT2D eigenvalue weighted by atomic mass is 35.5. The van der Waals surface area contributed by atoms with Crippen LogP contribution in [0.5, 0.6) is 17.2 Å². The Morgan fingerprint density at radius 2 is 1.56 bits per heavy atom. The Bertz CT molecular complexity index is 892. The normalized spacial score (nSPS) is 11.1. The van der Waals surface area contributed by atoms with Gasteiger partial charge in [0.25, 0.3) is 0 Å². The quantitative estimate of drug-likeness (QED) is 0.170. The van der Waals surface area contributed by atoms with Crippen molar-refractivity contribution in [2.45, 2.75) is 6.42 Å². The molecule has 0 heterocycles. The zero-order valence-electron chi connectivity index (χ0n) is 17.6. The maximum Gasteiger partial charge on any atom is 0.156 e. The molecule has 0 amide bonds. The van der Waals surface area contributed by atoms with Crippen molar-refractivity contribution >= 4 is 52.1 Å². The van der Waals surface area contributed by atoms with Crippen molar-refractivity contribution in [2.75, 3.05) is 40.6 Å². The average Bonchev–Trinajstić information content (AvgIpc) is 2.75. The van der Waals surface area contributed by atoms with E-state index in [-0.39, 0.29) is 11.1 Å². The van der Waals surface area contributed by atoms with E-state index >= 15 is 0 Å². The van der Waals surface area contributed by atoms with E-state index in [1.807, 2.05) is 24.3 Å². The third-order valence-corrected chi connectivity index (χ3v) is 4.80. The predicted molar refractivity (Wildman–Crippen MR) is 129 cm³/mol. The first-order valence-electron chi connectivity index (χ1n) is 9.52. The van der Waals surface area contributed by atoms with Gasteiger partial charge in [0.15, 0.2) is 5.75 Å². The third kappa shape index (κ3) is 8.96. The minimum Gasteiger partial charge on any atom is -0.493 e. The summed E-state index contributed by atoms with van der Waals surface area (Å²) in [5.41, 5.74) is 1.59. The summed E-state index contributed by atoms with van der Waals surface area (Å²) < 4.78 is 22.2. The van der Waals surface area contributed by atoms with Crippen LogP contribution in [-0.2, 0) is 9.57 Å². The van der Waals surface area contributed by atoms with Gasteiger partial charge in [-0.1, -0.05) is 51.6 Å². The maximum absolute atomic E-state index is 6.25. The molecule has 0 saturated heterocycles. The van der Waals surface area contributed by atoms with Crippen LogP contribution in [0.2, 0.25) is 10.0 Å². The summed E-state index contributed by atoms with van der Waals surface area (Å²) in [5, 5.41) is 4.65. The monoisotopic (exact) mass is 521 g/mol. The number of halogens is 4. The van der Waals surface area contributed by atoms with Crippen molar-refractivity contribution in [2.24, 2.45) is 5.16 Å². The van der Waals surface area contributed by atoms with Gasteiger partial charge in [0.05, 0.1) is 29.9 Å². The minimum atomic E-state index is 0.121. The summed E-state index contributed by atoms with van der Waals surface area (Å²) in [7, 11) is 3.10. The lowest BCUT2D eigenvalue weighted by Crippen LogP contribution is -2.09. The van der Waals surface area contributed by atoms with E-state index < -0.39 is 0 Å². The van der Waals surface area contributed by atoms with Crippen LogP contribution in [0.1, 0.15) is 12.0 Å². The molecular formula is C22H23Cl4NO5. The number of hydrogen-bond donors (Lipinski definition) is 0. The van der Waals surface area contributed by atoms with Crippen molar-refractivity contribution in [3.63, 3.8) is 0 Å². The molecule has 2 rings (SSSR count). The lowest BCUT2D eigenvalue weighted by molar-refractivity contribution is 0.201. The van der Waals surface area contributed by atoms with Gasteiger partial charge in [-0.2, -0.15) is 0 Å².